The van der Waals surface area contributed by atoms with Crippen LogP contribution in [-0.4, -0.2) is 30.1 Å². The van der Waals surface area contributed by atoms with Gasteiger partial charge in [0.05, 0.1) is 12.2 Å². The summed E-state index contributed by atoms with van der Waals surface area (Å²) in [6.45, 7) is 1.52. The number of hydrazine groups is 1. The molecule has 2 aromatic rings. The van der Waals surface area contributed by atoms with Crippen LogP contribution >= 0.6 is 0 Å². The Bertz CT molecular complexity index is 546. The summed E-state index contributed by atoms with van der Waals surface area (Å²) in [4.78, 5) is 15.7. The van der Waals surface area contributed by atoms with Crippen molar-refractivity contribution in [1.82, 2.24) is 15.3 Å². The van der Waals surface area contributed by atoms with E-state index >= 15 is 0 Å². The molecule has 0 bridgehead atoms. The van der Waals surface area contributed by atoms with Crippen molar-refractivity contribution in [3.05, 3.63) is 34.3 Å². The highest BCUT2D eigenvalue weighted by atomic mass is 16.4. The van der Waals surface area contributed by atoms with Crippen LogP contribution in [0.25, 0.3) is 11.1 Å². The molecule has 0 aliphatic carbocycles. The Morgan fingerprint density at radius 3 is 3.12 bits per heavy atom. The third-order valence-electron chi connectivity index (χ3n) is 2.63. The number of nitrogens with two attached hydrogens (primary N) is 1. The number of H-pyrrole nitrogens is 1. The number of nitrogens with zero attached hydrogens (tertiary/aromatic N) is 1. The van der Waals surface area contributed by atoms with Crippen molar-refractivity contribution in [2.45, 2.75) is 6.42 Å². The lowest BCUT2D eigenvalue weighted by atomic mass is 10.1. The molecule has 0 aliphatic heterocycles. The van der Waals surface area contributed by atoms with Crippen LogP contribution in [0.2, 0.25) is 0 Å². The Labute approximate surface area is 98.4 Å². The molecule has 0 radical (unpaired) electrons. The number of hydrogen-bond acceptors (Lipinski definition) is 5. The summed E-state index contributed by atoms with van der Waals surface area (Å²) in [5.41, 5.74) is 5.06. The Morgan fingerprint density at radius 1 is 1.53 bits per heavy atom. The summed E-state index contributed by atoms with van der Waals surface area (Å²) < 4.78 is 5.01. The molecule has 17 heavy (non-hydrogen) atoms. The number of hydrogen-bond donors (Lipinski definition) is 3. The molecule has 6 nitrogen and oxygen atoms in total. The average Bonchev–Trinajstić information content (AvgIpc) is 2.66. The average molecular weight is 236 g/mol. The standard InChI is InChI=1S/C11H16N4O2/c1-15(7-13-12)5-4-8-2-3-9-10(6-8)17-11(16)14-9/h2-3,6,13H,4-5,7,12H2,1H3,(H,14,16). The SMILES string of the molecule is CN(CCc1ccc2[nH]c(=O)oc2c1)CNN. The van der Waals surface area contributed by atoms with Gasteiger partial charge in [0.2, 0.25) is 0 Å². The zero-order valence-corrected chi connectivity index (χ0v) is 9.69. The summed E-state index contributed by atoms with van der Waals surface area (Å²) >= 11 is 0. The van der Waals surface area contributed by atoms with E-state index in [4.69, 9.17) is 10.3 Å². The Kier molecular flexibility index (Phi) is 3.58. The van der Waals surface area contributed by atoms with Crippen molar-refractivity contribution in [3.63, 3.8) is 0 Å². The normalized spacial score (nSPS) is 11.5. The van der Waals surface area contributed by atoms with Crippen molar-refractivity contribution in [1.29, 1.82) is 0 Å². The summed E-state index contributed by atoms with van der Waals surface area (Å²) in [5.74, 6) is 4.81. The van der Waals surface area contributed by atoms with Gasteiger partial charge in [-0.3, -0.25) is 15.7 Å². The van der Waals surface area contributed by atoms with E-state index in [-0.39, 0.29) is 0 Å². The van der Waals surface area contributed by atoms with Gasteiger partial charge in [-0.1, -0.05) is 6.07 Å². The molecule has 6 heteroatoms. The van der Waals surface area contributed by atoms with Gasteiger partial charge in [0, 0.05) is 6.54 Å². The monoisotopic (exact) mass is 236 g/mol. The summed E-state index contributed by atoms with van der Waals surface area (Å²) in [6, 6.07) is 5.73. The van der Waals surface area contributed by atoms with Crippen LogP contribution in [0, 0.1) is 0 Å². The van der Waals surface area contributed by atoms with Crippen LogP contribution in [0.3, 0.4) is 0 Å². The summed E-state index contributed by atoms with van der Waals surface area (Å²) in [6.07, 6.45) is 0.878. The molecule has 0 spiro atoms. The lowest BCUT2D eigenvalue weighted by molar-refractivity contribution is 0.313. The number of likely N-dealkylation sites (N-methyl/N-ethyl adjacent to an activating group) is 1. The molecule has 0 unspecified atom stereocenters. The van der Waals surface area contributed by atoms with Gasteiger partial charge in [0.1, 0.15) is 0 Å². The van der Waals surface area contributed by atoms with E-state index in [2.05, 4.69) is 15.3 Å². The maximum Gasteiger partial charge on any atom is 0.417 e. The topological polar surface area (TPSA) is 87.3 Å². The molecular formula is C11H16N4O2. The first-order valence-corrected chi connectivity index (χ1v) is 5.43. The van der Waals surface area contributed by atoms with E-state index in [9.17, 15) is 4.79 Å². The van der Waals surface area contributed by atoms with Gasteiger partial charge in [-0.25, -0.2) is 10.2 Å². The van der Waals surface area contributed by atoms with Crippen LogP contribution in [0.4, 0.5) is 0 Å². The maximum absolute atomic E-state index is 11.0. The van der Waals surface area contributed by atoms with Gasteiger partial charge < -0.3 is 4.42 Å². The van der Waals surface area contributed by atoms with Crippen LogP contribution in [0.15, 0.2) is 27.4 Å². The molecule has 0 atom stereocenters. The van der Waals surface area contributed by atoms with Gasteiger partial charge >= 0.3 is 5.76 Å². The molecule has 0 saturated carbocycles. The van der Waals surface area contributed by atoms with Crippen LogP contribution < -0.4 is 17.0 Å². The first kappa shape index (κ1) is 11.8. The quantitative estimate of drug-likeness (QED) is 0.387. The smallest absolute Gasteiger partial charge is 0.408 e. The van der Waals surface area contributed by atoms with E-state index in [0.717, 1.165) is 24.0 Å². The molecule has 2 rings (SSSR count). The number of aromatic amines is 1. The Balaban J connectivity index is 2.06. The highest BCUT2D eigenvalue weighted by molar-refractivity contribution is 5.72. The zero-order valence-electron chi connectivity index (χ0n) is 9.69. The molecule has 1 heterocycles. The molecule has 0 amide bonds. The molecule has 4 N–H and O–H groups in total. The molecule has 92 valence electrons. The first-order chi connectivity index (χ1) is 8.19. The highest BCUT2D eigenvalue weighted by Gasteiger charge is 2.03. The van der Waals surface area contributed by atoms with Gasteiger partial charge in [0.25, 0.3) is 0 Å². The fraction of sp³-hybridized carbons (Fsp3) is 0.364. The van der Waals surface area contributed by atoms with Crippen LogP contribution in [0.1, 0.15) is 5.56 Å². The third kappa shape index (κ3) is 2.94. The van der Waals surface area contributed by atoms with Gasteiger partial charge in [-0.2, -0.15) is 0 Å². The second-order valence-corrected chi connectivity index (χ2v) is 4.04. The Hall–Kier alpha value is -1.63. The minimum Gasteiger partial charge on any atom is -0.408 e. The summed E-state index contributed by atoms with van der Waals surface area (Å²) in [5, 5.41) is 0. The number of aromatic nitrogens is 1. The van der Waals surface area contributed by atoms with E-state index in [1.54, 1.807) is 0 Å². The second-order valence-electron chi connectivity index (χ2n) is 4.04. The van der Waals surface area contributed by atoms with E-state index in [1.165, 1.54) is 0 Å². The largest absolute Gasteiger partial charge is 0.417 e. The van der Waals surface area contributed by atoms with Crippen molar-refractivity contribution >= 4 is 11.1 Å². The molecular weight excluding hydrogens is 220 g/mol. The molecule has 1 aromatic heterocycles. The number of oxazole rings is 1. The van der Waals surface area contributed by atoms with Gasteiger partial charge in [-0.15, -0.1) is 0 Å². The number of nitrogens with one attached hydrogen (secondary N) is 2. The van der Waals surface area contributed by atoms with Crippen molar-refractivity contribution < 1.29 is 4.42 Å². The minimum absolute atomic E-state index is 0.415. The third-order valence-corrected chi connectivity index (χ3v) is 2.63. The number of rotatable bonds is 5. The van der Waals surface area contributed by atoms with Crippen LogP contribution in [0.5, 0.6) is 0 Å². The number of benzene rings is 1. The van der Waals surface area contributed by atoms with Gasteiger partial charge in [0.15, 0.2) is 5.58 Å². The molecule has 0 fully saturated rings. The van der Waals surface area contributed by atoms with E-state index in [1.807, 2.05) is 25.2 Å². The van der Waals surface area contributed by atoms with Crippen molar-refractivity contribution in [2.75, 3.05) is 20.3 Å². The molecule has 0 aliphatic rings. The number of fused-ring (bicyclic) bond motifs is 1. The second kappa shape index (κ2) is 5.13. The van der Waals surface area contributed by atoms with E-state index in [0.29, 0.717) is 12.3 Å². The molecule has 0 saturated heterocycles. The zero-order chi connectivity index (χ0) is 12.3. The lowest BCUT2D eigenvalue weighted by Crippen LogP contribution is -2.36. The minimum atomic E-state index is -0.415. The van der Waals surface area contributed by atoms with Crippen LogP contribution in [-0.2, 0) is 6.42 Å². The maximum atomic E-state index is 11.0. The van der Waals surface area contributed by atoms with Crippen molar-refractivity contribution in [2.24, 2.45) is 5.84 Å². The lowest BCUT2D eigenvalue weighted by Gasteiger charge is -2.15. The Morgan fingerprint density at radius 2 is 2.35 bits per heavy atom. The highest BCUT2D eigenvalue weighted by Crippen LogP contribution is 2.12. The summed E-state index contributed by atoms with van der Waals surface area (Å²) in [7, 11) is 1.98. The predicted octanol–water partition coefficient (Wildman–Crippen LogP) is 0.0162. The predicted molar refractivity (Wildman–Crippen MR) is 65.4 cm³/mol. The van der Waals surface area contributed by atoms with Crippen molar-refractivity contribution in [3.8, 4) is 0 Å². The fourth-order valence-corrected chi connectivity index (χ4v) is 1.70. The fourth-order valence-electron chi connectivity index (χ4n) is 1.70. The molecule has 1 aromatic carbocycles. The first-order valence-electron chi connectivity index (χ1n) is 5.43. The van der Waals surface area contributed by atoms with Gasteiger partial charge in [-0.05, 0) is 31.2 Å². The van der Waals surface area contributed by atoms with E-state index < -0.39 is 5.76 Å².